The molecule has 3 amide bonds. The van der Waals surface area contributed by atoms with Crippen molar-refractivity contribution in [2.24, 2.45) is 0 Å². The molecule has 2 aliphatic heterocycles. The highest BCUT2D eigenvalue weighted by molar-refractivity contribution is 6.30. The van der Waals surface area contributed by atoms with Crippen molar-refractivity contribution >= 4 is 29.5 Å². The minimum atomic E-state index is -0.645. The van der Waals surface area contributed by atoms with Crippen LogP contribution in [0.3, 0.4) is 0 Å². The predicted octanol–water partition coefficient (Wildman–Crippen LogP) is 3.35. The standard InChI is InChI=1S/C24H24ClN3O4/c1-15(7-8-16-5-3-2-4-6-16)26-20(29)13-28-19-14-32-23(30)21(19)22(27-24(28)31)17-9-11-18(25)12-10-17/h2-6,9-12,15,22H,7-8,13-14H2,1H3,(H,26,29)(H,27,31). The molecule has 0 bridgehead atoms. The minimum Gasteiger partial charge on any atom is -0.456 e. The molecule has 0 fully saturated rings. The van der Waals surface area contributed by atoms with Gasteiger partial charge in [-0.3, -0.25) is 9.69 Å². The normalized spacial score (nSPS) is 18.7. The van der Waals surface area contributed by atoms with E-state index < -0.39 is 18.0 Å². The summed E-state index contributed by atoms with van der Waals surface area (Å²) in [5.74, 6) is -0.793. The number of urea groups is 1. The van der Waals surface area contributed by atoms with Gasteiger partial charge in [-0.15, -0.1) is 0 Å². The number of carbonyl (C=O) groups excluding carboxylic acids is 3. The van der Waals surface area contributed by atoms with Crippen molar-refractivity contribution in [3.8, 4) is 0 Å². The van der Waals surface area contributed by atoms with Gasteiger partial charge in [0.25, 0.3) is 0 Å². The van der Waals surface area contributed by atoms with Gasteiger partial charge in [0.15, 0.2) is 0 Å². The van der Waals surface area contributed by atoms with Crippen LogP contribution in [0.1, 0.15) is 30.5 Å². The number of carbonyl (C=O) groups is 3. The lowest BCUT2D eigenvalue weighted by Gasteiger charge is -2.32. The summed E-state index contributed by atoms with van der Waals surface area (Å²) in [4.78, 5) is 39.2. The lowest BCUT2D eigenvalue weighted by atomic mass is 9.96. The Labute approximate surface area is 191 Å². The molecule has 2 aliphatic rings. The average molecular weight is 454 g/mol. The smallest absolute Gasteiger partial charge is 0.338 e. The van der Waals surface area contributed by atoms with Crippen molar-refractivity contribution in [3.63, 3.8) is 0 Å². The molecule has 0 saturated carbocycles. The van der Waals surface area contributed by atoms with Crippen molar-refractivity contribution in [2.45, 2.75) is 31.8 Å². The van der Waals surface area contributed by atoms with Gasteiger partial charge in [-0.1, -0.05) is 54.1 Å². The van der Waals surface area contributed by atoms with Gasteiger partial charge in [0, 0.05) is 11.1 Å². The Kier molecular flexibility index (Phi) is 6.46. The Morgan fingerprint density at radius 1 is 1.19 bits per heavy atom. The monoisotopic (exact) mass is 453 g/mol. The fraction of sp³-hybridized carbons (Fsp3) is 0.292. The van der Waals surface area contributed by atoms with Gasteiger partial charge >= 0.3 is 12.0 Å². The highest BCUT2D eigenvalue weighted by atomic mass is 35.5. The number of ether oxygens (including phenoxy) is 1. The number of nitrogens with zero attached hydrogens (tertiary/aromatic N) is 1. The third kappa shape index (κ3) is 4.78. The number of cyclic esters (lactones) is 1. The van der Waals surface area contributed by atoms with E-state index in [-0.39, 0.29) is 25.1 Å². The quantitative estimate of drug-likeness (QED) is 0.629. The van der Waals surface area contributed by atoms with Crippen LogP contribution in [-0.4, -0.2) is 42.0 Å². The summed E-state index contributed by atoms with van der Waals surface area (Å²) in [6, 6.07) is 15.8. The number of halogens is 1. The van der Waals surface area contributed by atoms with E-state index in [9.17, 15) is 14.4 Å². The molecule has 0 aromatic heterocycles. The highest BCUT2D eigenvalue weighted by Crippen LogP contribution is 2.35. The predicted molar refractivity (Wildman–Crippen MR) is 120 cm³/mol. The molecule has 0 radical (unpaired) electrons. The zero-order valence-corrected chi connectivity index (χ0v) is 18.4. The number of esters is 1. The van der Waals surface area contributed by atoms with E-state index >= 15 is 0 Å². The first kappa shape index (κ1) is 21.9. The zero-order chi connectivity index (χ0) is 22.7. The second-order valence-electron chi connectivity index (χ2n) is 7.95. The topological polar surface area (TPSA) is 87.7 Å². The van der Waals surface area contributed by atoms with Crippen LogP contribution >= 0.6 is 11.6 Å². The average Bonchev–Trinajstić information content (AvgIpc) is 3.17. The molecule has 2 aromatic carbocycles. The van der Waals surface area contributed by atoms with Crippen molar-refractivity contribution in [2.75, 3.05) is 13.2 Å². The third-order valence-electron chi connectivity index (χ3n) is 5.62. The van der Waals surface area contributed by atoms with Crippen LogP contribution in [0, 0.1) is 0 Å². The molecule has 2 unspecified atom stereocenters. The lowest BCUT2D eigenvalue weighted by Crippen LogP contribution is -2.51. The molecule has 4 rings (SSSR count). The molecule has 32 heavy (non-hydrogen) atoms. The Morgan fingerprint density at radius 2 is 1.91 bits per heavy atom. The van der Waals surface area contributed by atoms with Gasteiger partial charge in [0.2, 0.25) is 5.91 Å². The van der Waals surface area contributed by atoms with E-state index in [1.54, 1.807) is 24.3 Å². The van der Waals surface area contributed by atoms with Crippen LogP contribution < -0.4 is 10.6 Å². The van der Waals surface area contributed by atoms with Crippen molar-refractivity contribution in [1.29, 1.82) is 0 Å². The number of benzene rings is 2. The van der Waals surface area contributed by atoms with Gasteiger partial charge in [0.05, 0.1) is 17.3 Å². The van der Waals surface area contributed by atoms with Crippen molar-refractivity contribution < 1.29 is 19.1 Å². The maximum absolute atomic E-state index is 12.8. The maximum atomic E-state index is 12.8. The summed E-state index contributed by atoms with van der Waals surface area (Å²) >= 11 is 5.95. The van der Waals surface area contributed by atoms with E-state index in [1.807, 2.05) is 25.1 Å². The second kappa shape index (κ2) is 9.44. The molecule has 2 atom stereocenters. The van der Waals surface area contributed by atoms with Crippen LogP contribution in [0.5, 0.6) is 0 Å². The minimum absolute atomic E-state index is 0.0392. The Morgan fingerprint density at radius 3 is 2.62 bits per heavy atom. The Bertz CT molecular complexity index is 1050. The van der Waals surface area contributed by atoms with E-state index in [2.05, 4.69) is 22.8 Å². The van der Waals surface area contributed by atoms with Crippen LogP contribution in [-0.2, 0) is 20.7 Å². The number of hydrogen-bond acceptors (Lipinski definition) is 4. The summed E-state index contributed by atoms with van der Waals surface area (Å²) in [6.45, 7) is 1.70. The van der Waals surface area contributed by atoms with Crippen LogP contribution in [0.25, 0.3) is 0 Å². The van der Waals surface area contributed by atoms with Gasteiger partial charge < -0.3 is 15.4 Å². The van der Waals surface area contributed by atoms with Crippen LogP contribution in [0.15, 0.2) is 65.9 Å². The first-order valence-electron chi connectivity index (χ1n) is 10.5. The number of hydrogen-bond donors (Lipinski definition) is 2. The summed E-state index contributed by atoms with van der Waals surface area (Å²) in [5.41, 5.74) is 2.68. The van der Waals surface area contributed by atoms with Gasteiger partial charge in [-0.25, -0.2) is 9.59 Å². The van der Waals surface area contributed by atoms with E-state index in [4.69, 9.17) is 16.3 Å². The SMILES string of the molecule is CC(CCc1ccccc1)NC(=O)CN1C(=O)NC(c2ccc(Cl)cc2)C2=C1COC2=O. The fourth-order valence-electron chi connectivity index (χ4n) is 3.95. The number of amides is 3. The van der Waals surface area contributed by atoms with Gasteiger partial charge in [0.1, 0.15) is 13.2 Å². The van der Waals surface area contributed by atoms with Crippen molar-refractivity contribution in [1.82, 2.24) is 15.5 Å². The number of aryl methyl sites for hydroxylation is 1. The summed E-state index contributed by atoms with van der Waals surface area (Å²) in [6.07, 6.45) is 1.61. The highest BCUT2D eigenvalue weighted by Gasteiger charge is 2.42. The third-order valence-corrected chi connectivity index (χ3v) is 5.87. The lowest BCUT2D eigenvalue weighted by molar-refractivity contribution is -0.136. The van der Waals surface area contributed by atoms with Crippen LogP contribution in [0.2, 0.25) is 5.02 Å². The number of rotatable bonds is 7. The summed E-state index contributed by atoms with van der Waals surface area (Å²) in [7, 11) is 0. The van der Waals surface area contributed by atoms with Crippen LogP contribution in [0.4, 0.5) is 4.79 Å². The molecule has 166 valence electrons. The Balaban J connectivity index is 1.43. The maximum Gasteiger partial charge on any atom is 0.338 e. The largest absolute Gasteiger partial charge is 0.456 e. The molecule has 2 heterocycles. The number of nitrogens with one attached hydrogen (secondary N) is 2. The van der Waals surface area contributed by atoms with E-state index in [1.165, 1.54) is 10.5 Å². The molecule has 2 aromatic rings. The summed E-state index contributed by atoms with van der Waals surface area (Å²) < 4.78 is 5.20. The molecule has 0 spiro atoms. The van der Waals surface area contributed by atoms with E-state index in [0.717, 1.165) is 12.8 Å². The molecule has 0 saturated heterocycles. The summed E-state index contributed by atoms with van der Waals surface area (Å²) in [5, 5.41) is 6.30. The van der Waals surface area contributed by atoms with Crippen molar-refractivity contribution in [3.05, 3.63) is 82.0 Å². The molecule has 0 aliphatic carbocycles. The fourth-order valence-corrected chi connectivity index (χ4v) is 4.07. The second-order valence-corrected chi connectivity index (χ2v) is 8.39. The molecule has 8 heteroatoms. The first-order valence-corrected chi connectivity index (χ1v) is 10.9. The Hall–Kier alpha value is -3.32. The molecule has 7 nitrogen and oxygen atoms in total. The van der Waals surface area contributed by atoms with Gasteiger partial charge in [-0.2, -0.15) is 0 Å². The van der Waals surface area contributed by atoms with Gasteiger partial charge in [-0.05, 0) is 43.0 Å². The molecular weight excluding hydrogens is 430 g/mol. The molecular formula is C24H24ClN3O4. The molecule has 2 N–H and O–H groups in total. The zero-order valence-electron chi connectivity index (χ0n) is 17.6. The van der Waals surface area contributed by atoms with E-state index in [0.29, 0.717) is 21.9 Å². The first-order chi connectivity index (χ1) is 15.4.